The summed E-state index contributed by atoms with van der Waals surface area (Å²) in [6, 6.07) is 11.2. The Morgan fingerprint density at radius 1 is 1.18 bits per heavy atom. The van der Waals surface area contributed by atoms with Crippen LogP contribution in [0.25, 0.3) is 0 Å². The number of halogens is 5. The van der Waals surface area contributed by atoms with Crippen LogP contribution in [0.4, 0.5) is 13.2 Å². The maximum Gasteiger partial charge on any atom is 0.385 e. The molecule has 0 unspecified atom stereocenters. The molecule has 116 valence electrons. The third kappa shape index (κ3) is 3.81. The van der Waals surface area contributed by atoms with Gasteiger partial charge in [0.15, 0.2) is 0 Å². The second-order valence-electron chi connectivity index (χ2n) is 4.34. The molecule has 0 aliphatic carbocycles. The van der Waals surface area contributed by atoms with Crippen molar-refractivity contribution < 1.29 is 22.7 Å². The molecule has 0 fully saturated rings. The number of benzene rings is 2. The number of ketones is 1. The lowest BCUT2D eigenvalue weighted by Gasteiger charge is -2.13. The summed E-state index contributed by atoms with van der Waals surface area (Å²) in [6.45, 7) is 0.135. The molecule has 22 heavy (non-hydrogen) atoms. The van der Waals surface area contributed by atoms with Crippen LogP contribution >= 0.6 is 27.5 Å². The SMILES string of the molecule is O=C(c1c(F)ccc(OCc2ccccc2)c1Br)C(F)(F)Cl. The smallest absolute Gasteiger partial charge is 0.385 e. The number of Topliss-reactive ketones (excluding diaryl/α,β-unsaturated/α-hetero) is 1. The van der Waals surface area contributed by atoms with Gasteiger partial charge in [0.1, 0.15) is 18.2 Å². The van der Waals surface area contributed by atoms with Crippen molar-refractivity contribution in [1.29, 1.82) is 0 Å². The molecule has 7 heteroatoms. The Labute approximate surface area is 138 Å². The Hall–Kier alpha value is -1.53. The van der Waals surface area contributed by atoms with Crippen LogP contribution in [0.15, 0.2) is 46.9 Å². The Bertz CT molecular complexity index is 687. The highest BCUT2D eigenvalue weighted by Gasteiger charge is 2.40. The zero-order valence-electron chi connectivity index (χ0n) is 11.0. The average Bonchev–Trinajstić information content (AvgIpc) is 2.46. The van der Waals surface area contributed by atoms with Crippen LogP contribution in [0, 0.1) is 5.82 Å². The van der Waals surface area contributed by atoms with Crippen LogP contribution in [0.3, 0.4) is 0 Å². The molecule has 0 amide bonds. The van der Waals surface area contributed by atoms with Gasteiger partial charge in [-0.15, -0.1) is 0 Å². The first-order valence-electron chi connectivity index (χ1n) is 6.07. The molecule has 0 saturated heterocycles. The normalized spacial score (nSPS) is 11.3. The first kappa shape index (κ1) is 16.8. The molecule has 0 aromatic heterocycles. The molecule has 0 heterocycles. The van der Waals surface area contributed by atoms with Gasteiger partial charge in [0.05, 0.1) is 10.0 Å². The molecule has 0 atom stereocenters. The van der Waals surface area contributed by atoms with E-state index in [4.69, 9.17) is 4.74 Å². The predicted molar refractivity (Wildman–Crippen MR) is 80.0 cm³/mol. The van der Waals surface area contributed by atoms with Crippen molar-refractivity contribution in [2.45, 2.75) is 12.0 Å². The van der Waals surface area contributed by atoms with Gasteiger partial charge < -0.3 is 4.74 Å². The quantitative estimate of drug-likeness (QED) is 0.517. The summed E-state index contributed by atoms with van der Waals surface area (Å²) >= 11 is 7.60. The van der Waals surface area contributed by atoms with Crippen molar-refractivity contribution in [3.05, 3.63) is 63.9 Å². The van der Waals surface area contributed by atoms with Crippen LogP contribution in [-0.4, -0.2) is 11.2 Å². The summed E-state index contributed by atoms with van der Waals surface area (Å²) < 4.78 is 44.8. The second-order valence-corrected chi connectivity index (χ2v) is 5.60. The molecule has 2 aromatic carbocycles. The number of hydrogen-bond donors (Lipinski definition) is 0. The van der Waals surface area contributed by atoms with Gasteiger partial charge in [-0.3, -0.25) is 4.79 Å². The summed E-state index contributed by atoms with van der Waals surface area (Å²) in [5.41, 5.74) is -0.0140. The molecule has 0 radical (unpaired) electrons. The summed E-state index contributed by atoms with van der Waals surface area (Å²) in [4.78, 5) is 11.5. The van der Waals surface area contributed by atoms with E-state index in [2.05, 4.69) is 27.5 Å². The number of hydrogen-bond acceptors (Lipinski definition) is 2. The number of alkyl halides is 3. The standard InChI is InChI=1S/C15H9BrClF3O2/c16-13-11(22-8-9-4-2-1-3-5-9)7-6-10(18)12(13)14(21)15(17,19)20/h1-7H,8H2. The number of carbonyl (C=O) groups excluding carboxylic acids is 1. The highest BCUT2D eigenvalue weighted by molar-refractivity contribution is 9.10. The predicted octanol–water partition coefficient (Wildman–Crippen LogP) is 5.18. The molecule has 0 spiro atoms. The zero-order chi connectivity index (χ0) is 16.3. The number of rotatable bonds is 5. The second kappa shape index (κ2) is 6.71. The maximum absolute atomic E-state index is 13.7. The van der Waals surface area contributed by atoms with Crippen LogP contribution in [0.5, 0.6) is 5.75 Å². The fourth-order valence-electron chi connectivity index (χ4n) is 1.73. The molecular weight excluding hydrogens is 385 g/mol. The van der Waals surface area contributed by atoms with E-state index < -0.39 is 22.5 Å². The fourth-order valence-corrected chi connectivity index (χ4v) is 2.44. The van der Waals surface area contributed by atoms with Crippen molar-refractivity contribution in [2.24, 2.45) is 0 Å². The van der Waals surface area contributed by atoms with Crippen LogP contribution in [-0.2, 0) is 6.61 Å². The third-order valence-electron chi connectivity index (χ3n) is 2.78. The van der Waals surface area contributed by atoms with E-state index in [-0.39, 0.29) is 16.8 Å². The van der Waals surface area contributed by atoms with E-state index >= 15 is 0 Å². The zero-order valence-corrected chi connectivity index (χ0v) is 13.3. The Kier molecular flexibility index (Phi) is 5.13. The van der Waals surface area contributed by atoms with Gasteiger partial charge in [-0.25, -0.2) is 4.39 Å². The van der Waals surface area contributed by atoms with Crippen molar-refractivity contribution in [1.82, 2.24) is 0 Å². The largest absolute Gasteiger partial charge is 0.488 e. The average molecular weight is 394 g/mol. The van der Waals surface area contributed by atoms with Crippen molar-refractivity contribution in [3.63, 3.8) is 0 Å². The van der Waals surface area contributed by atoms with Gasteiger partial charge in [-0.2, -0.15) is 8.78 Å². The lowest BCUT2D eigenvalue weighted by atomic mass is 10.1. The van der Waals surface area contributed by atoms with E-state index in [1.165, 1.54) is 6.07 Å². The fraction of sp³-hybridized carbons (Fsp3) is 0.133. The van der Waals surface area contributed by atoms with E-state index in [0.717, 1.165) is 11.6 Å². The minimum Gasteiger partial charge on any atom is -0.488 e. The molecule has 0 aliphatic heterocycles. The summed E-state index contributed by atoms with van der Waals surface area (Å²) in [5, 5.41) is -4.19. The van der Waals surface area contributed by atoms with Crippen LogP contribution in [0.1, 0.15) is 15.9 Å². The molecule has 0 bridgehead atoms. The molecule has 0 N–H and O–H groups in total. The monoisotopic (exact) mass is 392 g/mol. The topological polar surface area (TPSA) is 26.3 Å². The molecule has 2 nitrogen and oxygen atoms in total. The van der Waals surface area contributed by atoms with Crippen molar-refractivity contribution in [3.8, 4) is 5.75 Å². The van der Waals surface area contributed by atoms with Gasteiger partial charge in [0.25, 0.3) is 5.78 Å². The third-order valence-corrected chi connectivity index (χ3v) is 3.74. The van der Waals surface area contributed by atoms with Crippen molar-refractivity contribution in [2.75, 3.05) is 0 Å². The maximum atomic E-state index is 13.7. The lowest BCUT2D eigenvalue weighted by molar-refractivity contribution is 0.0530. The van der Waals surface area contributed by atoms with Gasteiger partial charge >= 0.3 is 5.38 Å². The molecular formula is C15H9BrClF3O2. The Balaban J connectivity index is 2.29. The van der Waals surface area contributed by atoms with E-state index in [1.54, 1.807) is 24.3 Å². The van der Waals surface area contributed by atoms with Gasteiger partial charge in [-0.05, 0) is 45.2 Å². The highest BCUT2D eigenvalue weighted by atomic mass is 79.9. The molecule has 2 aromatic rings. The van der Waals surface area contributed by atoms with E-state index in [1.807, 2.05) is 6.07 Å². The van der Waals surface area contributed by atoms with E-state index in [9.17, 15) is 18.0 Å². The summed E-state index contributed by atoms with van der Waals surface area (Å²) in [5.74, 6) is -2.87. The van der Waals surface area contributed by atoms with Gasteiger partial charge in [0.2, 0.25) is 0 Å². The minimum atomic E-state index is -4.19. The van der Waals surface area contributed by atoms with Gasteiger partial charge in [0, 0.05) is 0 Å². The molecule has 0 aliphatic rings. The molecule has 2 rings (SSSR count). The lowest BCUT2D eigenvalue weighted by Crippen LogP contribution is -2.23. The van der Waals surface area contributed by atoms with Crippen LogP contribution in [0.2, 0.25) is 0 Å². The first-order chi connectivity index (χ1) is 10.3. The summed E-state index contributed by atoms with van der Waals surface area (Å²) in [7, 11) is 0. The van der Waals surface area contributed by atoms with Crippen LogP contribution < -0.4 is 4.74 Å². The van der Waals surface area contributed by atoms with Gasteiger partial charge in [-0.1, -0.05) is 30.3 Å². The molecule has 0 saturated carbocycles. The van der Waals surface area contributed by atoms with Crippen molar-refractivity contribution >= 4 is 33.3 Å². The van der Waals surface area contributed by atoms with E-state index in [0.29, 0.717) is 0 Å². The summed E-state index contributed by atoms with van der Waals surface area (Å²) in [6.07, 6.45) is 0. The highest BCUT2D eigenvalue weighted by Crippen LogP contribution is 2.35. The Morgan fingerprint density at radius 2 is 1.82 bits per heavy atom. The first-order valence-corrected chi connectivity index (χ1v) is 7.24. The minimum absolute atomic E-state index is 0.0644. The number of ether oxygens (including phenoxy) is 1. The number of carbonyl (C=O) groups is 1. The Morgan fingerprint density at radius 3 is 2.41 bits per heavy atom.